The number of rotatable bonds is 1. The maximum absolute atomic E-state index is 12.1. The number of benzene rings is 1. The van der Waals surface area contributed by atoms with Gasteiger partial charge < -0.3 is 4.98 Å². The van der Waals surface area contributed by atoms with Crippen LogP contribution in [0.5, 0.6) is 0 Å². The van der Waals surface area contributed by atoms with Crippen molar-refractivity contribution < 1.29 is 0 Å². The Bertz CT molecular complexity index is 1020. The SMILES string of the molecule is O=c1[nH]cnc2nccc(-c3ccc4ncccc4c3)c12. The van der Waals surface area contributed by atoms with Crippen molar-refractivity contribution in [3.63, 3.8) is 0 Å². The summed E-state index contributed by atoms with van der Waals surface area (Å²) in [5.41, 5.74) is 2.95. The lowest BCUT2D eigenvalue weighted by Gasteiger charge is -2.06. The van der Waals surface area contributed by atoms with Gasteiger partial charge in [0.1, 0.15) is 0 Å². The fourth-order valence-corrected chi connectivity index (χ4v) is 2.48. The van der Waals surface area contributed by atoms with E-state index in [4.69, 9.17) is 0 Å². The van der Waals surface area contributed by atoms with Crippen LogP contribution in [0, 0.1) is 0 Å². The normalized spacial score (nSPS) is 11.0. The first kappa shape index (κ1) is 11.7. The second-order valence-electron chi connectivity index (χ2n) is 4.70. The van der Waals surface area contributed by atoms with E-state index < -0.39 is 0 Å². The second-order valence-corrected chi connectivity index (χ2v) is 4.70. The van der Waals surface area contributed by atoms with E-state index in [1.54, 1.807) is 12.4 Å². The molecule has 1 N–H and O–H groups in total. The Morgan fingerprint density at radius 1 is 0.952 bits per heavy atom. The number of hydrogen-bond donors (Lipinski definition) is 1. The lowest BCUT2D eigenvalue weighted by atomic mass is 10.0. The summed E-state index contributed by atoms with van der Waals surface area (Å²) in [5.74, 6) is 0. The summed E-state index contributed by atoms with van der Waals surface area (Å²) in [6, 6.07) is 11.6. The smallest absolute Gasteiger partial charge is 0.260 e. The van der Waals surface area contributed by atoms with Crippen molar-refractivity contribution in [3.8, 4) is 11.1 Å². The van der Waals surface area contributed by atoms with E-state index >= 15 is 0 Å². The minimum atomic E-state index is -0.186. The van der Waals surface area contributed by atoms with Crippen LogP contribution in [-0.4, -0.2) is 19.9 Å². The van der Waals surface area contributed by atoms with Gasteiger partial charge in [-0.25, -0.2) is 9.97 Å². The van der Waals surface area contributed by atoms with Crippen molar-refractivity contribution >= 4 is 21.9 Å². The van der Waals surface area contributed by atoms with Crippen LogP contribution in [0.2, 0.25) is 0 Å². The molecule has 0 aliphatic rings. The predicted molar refractivity (Wildman–Crippen MR) is 80.9 cm³/mol. The third-order valence-corrected chi connectivity index (χ3v) is 3.45. The van der Waals surface area contributed by atoms with E-state index in [-0.39, 0.29) is 5.56 Å². The molecule has 0 aliphatic carbocycles. The molecule has 0 spiro atoms. The lowest BCUT2D eigenvalue weighted by molar-refractivity contribution is 1.14. The van der Waals surface area contributed by atoms with Gasteiger partial charge in [-0.3, -0.25) is 9.78 Å². The highest BCUT2D eigenvalue weighted by Gasteiger charge is 2.09. The molecule has 5 heteroatoms. The largest absolute Gasteiger partial charge is 0.312 e. The second kappa shape index (κ2) is 4.49. The number of H-pyrrole nitrogens is 1. The summed E-state index contributed by atoms with van der Waals surface area (Å²) in [7, 11) is 0. The monoisotopic (exact) mass is 274 g/mol. The fraction of sp³-hybridized carbons (Fsp3) is 0. The van der Waals surface area contributed by atoms with Crippen molar-refractivity contribution in [2.75, 3.05) is 0 Å². The first-order valence-corrected chi connectivity index (χ1v) is 6.50. The summed E-state index contributed by atoms with van der Waals surface area (Å²) in [6.07, 6.45) is 4.79. The fourth-order valence-electron chi connectivity index (χ4n) is 2.48. The van der Waals surface area contributed by atoms with Gasteiger partial charge in [0.05, 0.1) is 17.2 Å². The highest BCUT2D eigenvalue weighted by atomic mass is 16.1. The maximum atomic E-state index is 12.1. The topological polar surface area (TPSA) is 71.5 Å². The van der Waals surface area contributed by atoms with Gasteiger partial charge in [-0.15, -0.1) is 0 Å². The van der Waals surface area contributed by atoms with Crippen LogP contribution in [0.1, 0.15) is 0 Å². The molecule has 4 aromatic rings. The number of nitrogens with zero attached hydrogens (tertiary/aromatic N) is 3. The molecular formula is C16H10N4O. The zero-order chi connectivity index (χ0) is 14.2. The van der Waals surface area contributed by atoms with Gasteiger partial charge >= 0.3 is 0 Å². The minimum Gasteiger partial charge on any atom is -0.312 e. The highest BCUT2D eigenvalue weighted by molar-refractivity contribution is 5.94. The highest BCUT2D eigenvalue weighted by Crippen LogP contribution is 2.26. The van der Waals surface area contributed by atoms with E-state index in [1.165, 1.54) is 6.33 Å². The zero-order valence-electron chi connectivity index (χ0n) is 10.9. The number of fused-ring (bicyclic) bond motifs is 2. The minimum absolute atomic E-state index is 0.186. The number of pyridine rings is 2. The molecule has 0 aliphatic heterocycles. The summed E-state index contributed by atoms with van der Waals surface area (Å²) < 4.78 is 0. The molecule has 100 valence electrons. The standard InChI is InChI=1S/C16H10N4O/c21-16-14-12(5-7-18-15(14)19-9-20-16)10-3-4-13-11(8-10)2-1-6-17-13/h1-9H,(H,18,19,20,21). The average Bonchev–Trinajstić information content (AvgIpc) is 2.54. The molecule has 0 unspecified atom stereocenters. The number of aromatic nitrogens is 4. The Morgan fingerprint density at radius 3 is 2.86 bits per heavy atom. The Morgan fingerprint density at radius 2 is 1.90 bits per heavy atom. The molecule has 0 atom stereocenters. The Hall–Kier alpha value is -3.08. The van der Waals surface area contributed by atoms with E-state index in [0.717, 1.165) is 22.0 Å². The molecule has 0 bridgehead atoms. The molecule has 5 nitrogen and oxygen atoms in total. The number of aromatic amines is 1. The van der Waals surface area contributed by atoms with Crippen molar-refractivity contribution in [1.29, 1.82) is 0 Å². The summed E-state index contributed by atoms with van der Waals surface area (Å²) in [4.78, 5) is 27.3. The van der Waals surface area contributed by atoms with Crippen molar-refractivity contribution in [1.82, 2.24) is 19.9 Å². The molecule has 0 amide bonds. The summed E-state index contributed by atoms with van der Waals surface area (Å²) in [5, 5.41) is 1.53. The van der Waals surface area contributed by atoms with E-state index in [2.05, 4.69) is 19.9 Å². The van der Waals surface area contributed by atoms with E-state index in [1.807, 2.05) is 36.4 Å². The zero-order valence-corrected chi connectivity index (χ0v) is 10.9. The molecule has 0 saturated carbocycles. The molecule has 0 saturated heterocycles. The molecular weight excluding hydrogens is 264 g/mol. The molecule has 21 heavy (non-hydrogen) atoms. The van der Waals surface area contributed by atoms with Gasteiger partial charge in [-0.2, -0.15) is 0 Å². The third kappa shape index (κ3) is 1.87. The van der Waals surface area contributed by atoms with Gasteiger partial charge in [-0.1, -0.05) is 12.1 Å². The number of nitrogens with one attached hydrogen (secondary N) is 1. The average molecular weight is 274 g/mol. The van der Waals surface area contributed by atoms with Crippen LogP contribution in [0.25, 0.3) is 33.1 Å². The third-order valence-electron chi connectivity index (χ3n) is 3.45. The van der Waals surface area contributed by atoms with Crippen molar-refractivity contribution in [2.24, 2.45) is 0 Å². The van der Waals surface area contributed by atoms with E-state index in [0.29, 0.717) is 11.0 Å². The predicted octanol–water partition coefficient (Wildman–Crippen LogP) is 2.53. The van der Waals surface area contributed by atoms with Gasteiger partial charge in [0.15, 0.2) is 5.65 Å². The Labute approximate surface area is 119 Å². The maximum Gasteiger partial charge on any atom is 0.260 e. The number of hydrogen-bond acceptors (Lipinski definition) is 4. The molecule has 3 aromatic heterocycles. The van der Waals surface area contributed by atoms with E-state index in [9.17, 15) is 4.79 Å². The molecule has 1 aromatic carbocycles. The van der Waals surface area contributed by atoms with Crippen molar-refractivity contribution in [3.05, 3.63) is 65.5 Å². The van der Waals surface area contributed by atoms with Crippen LogP contribution in [0.3, 0.4) is 0 Å². The van der Waals surface area contributed by atoms with Crippen LogP contribution in [0.4, 0.5) is 0 Å². The Kier molecular flexibility index (Phi) is 2.50. The van der Waals surface area contributed by atoms with Crippen molar-refractivity contribution in [2.45, 2.75) is 0 Å². The van der Waals surface area contributed by atoms with Gasteiger partial charge in [-0.05, 0) is 35.4 Å². The van der Waals surface area contributed by atoms with Gasteiger partial charge in [0.2, 0.25) is 0 Å². The molecule has 4 rings (SSSR count). The molecule has 0 fully saturated rings. The van der Waals surface area contributed by atoms with Gasteiger partial charge in [0.25, 0.3) is 5.56 Å². The van der Waals surface area contributed by atoms with Crippen LogP contribution in [0.15, 0.2) is 59.9 Å². The summed E-state index contributed by atoms with van der Waals surface area (Å²) in [6.45, 7) is 0. The summed E-state index contributed by atoms with van der Waals surface area (Å²) >= 11 is 0. The van der Waals surface area contributed by atoms with Crippen LogP contribution < -0.4 is 5.56 Å². The first-order valence-electron chi connectivity index (χ1n) is 6.50. The quantitative estimate of drug-likeness (QED) is 0.579. The molecule has 0 radical (unpaired) electrons. The van der Waals surface area contributed by atoms with Crippen LogP contribution in [-0.2, 0) is 0 Å². The van der Waals surface area contributed by atoms with Gasteiger partial charge in [0, 0.05) is 17.8 Å². The molecule has 3 heterocycles. The Balaban J connectivity index is 2.06. The first-order chi connectivity index (χ1) is 10.3. The lowest BCUT2D eigenvalue weighted by Crippen LogP contribution is -2.08. The van der Waals surface area contributed by atoms with Crippen LogP contribution >= 0.6 is 0 Å².